The van der Waals surface area contributed by atoms with Crippen LogP contribution < -0.4 is 5.32 Å². The first-order valence-corrected chi connectivity index (χ1v) is 5.66. The van der Waals surface area contributed by atoms with Gasteiger partial charge in [0.2, 0.25) is 0 Å². The minimum atomic E-state index is -0.677. The average Bonchev–Trinajstić information content (AvgIpc) is 2.69. The third kappa shape index (κ3) is 2.25. The van der Waals surface area contributed by atoms with Gasteiger partial charge in [-0.1, -0.05) is 24.3 Å². The highest BCUT2D eigenvalue weighted by Gasteiger charge is 2.32. The molecule has 2 rings (SSSR count). The Kier molecular flexibility index (Phi) is 3.25. The summed E-state index contributed by atoms with van der Waals surface area (Å²) in [6, 6.07) is 8.20. The highest BCUT2D eigenvalue weighted by molar-refractivity contribution is 5.71. The van der Waals surface area contributed by atoms with E-state index in [-0.39, 0.29) is 11.8 Å². The Morgan fingerprint density at radius 2 is 2.19 bits per heavy atom. The van der Waals surface area contributed by atoms with Gasteiger partial charge in [0.05, 0.1) is 5.92 Å². The van der Waals surface area contributed by atoms with Gasteiger partial charge in [0, 0.05) is 6.54 Å². The van der Waals surface area contributed by atoms with Crippen molar-refractivity contribution in [2.45, 2.75) is 13.3 Å². The van der Waals surface area contributed by atoms with Crippen LogP contribution in [-0.2, 0) is 11.2 Å². The van der Waals surface area contributed by atoms with Crippen molar-refractivity contribution in [3.05, 3.63) is 35.4 Å². The first kappa shape index (κ1) is 11.1. The van der Waals surface area contributed by atoms with Crippen LogP contribution in [0.5, 0.6) is 0 Å². The number of hydrogen-bond acceptors (Lipinski definition) is 2. The zero-order valence-corrected chi connectivity index (χ0v) is 9.44. The van der Waals surface area contributed by atoms with Gasteiger partial charge in [-0.2, -0.15) is 0 Å². The molecule has 0 bridgehead atoms. The lowest BCUT2D eigenvalue weighted by molar-refractivity contribution is -0.142. The van der Waals surface area contributed by atoms with E-state index >= 15 is 0 Å². The van der Waals surface area contributed by atoms with E-state index in [4.69, 9.17) is 5.11 Å². The molecule has 0 aliphatic carbocycles. The van der Waals surface area contributed by atoms with Crippen molar-refractivity contribution in [2.24, 2.45) is 11.8 Å². The molecular weight excluding hydrogens is 202 g/mol. The molecule has 1 saturated heterocycles. The van der Waals surface area contributed by atoms with Gasteiger partial charge in [-0.3, -0.25) is 4.79 Å². The van der Waals surface area contributed by atoms with Gasteiger partial charge in [0.25, 0.3) is 0 Å². The van der Waals surface area contributed by atoms with Gasteiger partial charge in [0.1, 0.15) is 0 Å². The summed E-state index contributed by atoms with van der Waals surface area (Å²) in [7, 11) is 0. The largest absolute Gasteiger partial charge is 0.481 e. The first-order valence-electron chi connectivity index (χ1n) is 5.66. The maximum absolute atomic E-state index is 11.0. The van der Waals surface area contributed by atoms with Crippen molar-refractivity contribution in [3.8, 4) is 0 Å². The number of carbonyl (C=O) groups is 1. The molecule has 1 heterocycles. The van der Waals surface area contributed by atoms with Crippen molar-refractivity contribution in [3.63, 3.8) is 0 Å². The van der Waals surface area contributed by atoms with Crippen molar-refractivity contribution in [1.29, 1.82) is 0 Å². The number of aliphatic carboxylic acids is 1. The van der Waals surface area contributed by atoms with Crippen LogP contribution in [0.4, 0.5) is 0 Å². The van der Waals surface area contributed by atoms with Crippen molar-refractivity contribution >= 4 is 5.97 Å². The number of benzene rings is 1. The van der Waals surface area contributed by atoms with Crippen LogP contribution in [0.2, 0.25) is 0 Å². The van der Waals surface area contributed by atoms with Crippen molar-refractivity contribution in [2.75, 3.05) is 13.1 Å². The Bertz CT molecular complexity index is 389. The number of nitrogens with one attached hydrogen (secondary N) is 1. The van der Waals surface area contributed by atoms with Crippen LogP contribution in [0, 0.1) is 18.8 Å². The fourth-order valence-electron chi connectivity index (χ4n) is 2.36. The molecule has 1 aliphatic rings. The number of rotatable bonds is 3. The Morgan fingerprint density at radius 3 is 2.88 bits per heavy atom. The van der Waals surface area contributed by atoms with E-state index in [9.17, 15) is 4.79 Å². The zero-order chi connectivity index (χ0) is 11.5. The van der Waals surface area contributed by atoms with E-state index in [0.29, 0.717) is 6.54 Å². The van der Waals surface area contributed by atoms with E-state index < -0.39 is 5.97 Å². The number of carboxylic acid groups (broad SMARTS) is 1. The van der Waals surface area contributed by atoms with Crippen LogP contribution in [0.3, 0.4) is 0 Å². The third-order valence-corrected chi connectivity index (χ3v) is 3.40. The average molecular weight is 219 g/mol. The molecule has 0 amide bonds. The van der Waals surface area contributed by atoms with Crippen LogP contribution >= 0.6 is 0 Å². The lowest BCUT2D eigenvalue weighted by atomic mass is 9.88. The summed E-state index contributed by atoms with van der Waals surface area (Å²) in [6.45, 7) is 3.49. The Morgan fingerprint density at radius 1 is 1.44 bits per heavy atom. The molecule has 3 nitrogen and oxygen atoms in total. The summed E-state index contributed by atoms with van der Waals surface area (Å²) in [5, 5.41) is 12.3. The molecule has 2 N–H and O–H groups in total. The van der Waals surface area contributed by atoms with Gasteiger partial charge in [-0.25, -0.2) is 0 Å². The SMILES string of the molecule is Cc1ccccc1CC1CNCC1C(=O)O. The summed E-state index contributed by atoms with van der Waals surface area (Å²) >= 11 is 0. The molecule has 1 fully saturated rings. The first-order chi connectivity index (χ1) is 7.68. The Labute approximate surface area is 95.5 Å². The molecule has 0 radical (unpaired) electrons. The Hall–Kier alpha value is -1.35. The quantitative estimate of drug-likeness (QED) is 0.809. The summed E-state index contributed by atoms with van der Waals surface area (Å²) < 4.78 is 0. The molecule has 2 unspecified atom stereocenters. The van der Waals surface area contributed by atoms with Crippen molar-refractivity contribution in [1.82, 2.24) is 5.32 Å². The zero-order valence-electron chi connectivity index (χ0n) is 9.44. The second-order valence-corrected chi connectivity index (χ2v) is 4.49. The fraction of sp³-hybridized carbons (Fsp3) is 0.462. The van der Waals surface area contributed by atoms with Gasteiger partial charge >= 0.3 is 5.97 Å². The highest BCUT2D eigenvalue weighted by Crippen LogP contribution is 2.23. The molecule has 86 valence electrons. The van der Waals surface area contributed by atoms with E-state index in [1.165, 1.54) is 11.1 Å². The Balaban J connectivity index is 2.10. The van der Waals surface area contributed by atoms with E-state index in [2.05, 4.69) is 24.4 Å². The van der Waals surface area contributed by atoms with Crippen molar-refractivity contribution < 1.29 is 9.90 Å². The second-order valence-electron chi connectivity index (χ2n) is 4.49. The third-order valence-electron chi connectivity index (χ3n) is 3.40. The minimum Gasteiger partial charge on any atom is -0.481 e. The standard InChI is InChI=1S/C13H17NO2/c1-9-4-2-3-5-10(9)6-11-7-14-8-12(11)13(15)16/h2-5,11-12,14H,6-8H2,1H3,(H,15,16). The van der Waals surface area contributed by atoms with Crippen LogP contribution in [-0.4, -0.2) is 24.2 Å². The molecule has 0 saturated carbocycles. The van der Waals surface area contributed by atoms with E-state index in [0.717, 1.165) is 13.0 Å². The minimum absolute atomic E-state index is 0.221. The smallest absolute Gasteiger partial charge is 0.308 e. The molecule has 16 heavy (non-hydrogen) atoms. The maximum Gasteiger partial charge on any atom is 0.308 e. The summed E-state index contributed by atoms with van der Waals surface area (Å²) in [6.07, 6.45) is 0.858. The molecule has 2 atom stereocenters. The van der Waals surface area contributed by atoms with Gasteiger partial charge < -0.3 is 10.4 Å². The molecule has 1 aliphatic heterocycles. The van der Waals surface area contributed by atoms with Crippen LogP contribution in [0.15, 0.2) is 24.3 Å². The van der Waals surface area contributed by atoms with Gasteiger partial charge in [-0.05, 0) is 36.9 Å². The lowest BCUT2D eigenvalue weighted by Gasteiger charge is -2.15. The normalized spacial score (nSPS) is 24.6. The lowest BCUT2D eigenvalue weighted by Crippen LogP contribution is -2.23. The topological polar surface area (TPSA) is 49.3 Å². The number of carboxylic acids is 1. The fourth-order valence-corrected chi connectivity index (χ4v) is 2.36. The van der Waals surface area contributed by atoms with Gasteiger partial charge in [0.15, 0.2) is 0 Å². The summed E-state index contributed by atoms with van der Waals surface area (Å²) in [5.41, 5.74) is 2.51. The summed E-state index contributed by atoms with van der Waals surface area (Å²) in [5.74, 6) is -0.693. The molecule has 0 aromatic heterocycles. The molecule has 3 heteroatoms. The molecule has 1 aromatic rings. The second kappa shape index (κ2) is 4.66. The van der Waals surface area contributed by atoms with Crippen LogP contribution in [0.25, 0.3) is 0 Å². The monoisotopic (exact) mass is 219 g/mol. The van der Waals surface area contributed by atoms with Gasteiger partial charge in [-0.15, -0.1) is 0 Å². The summed E-state index contributed by atoms with van der Waals surface area (Å²) in [4.78, 5) is 11.0. The predicted molar refractivity (Wildman–Crippen MR) is 62.4 cm³/mol. The number of aryl methyl sites for hydroxylation is 1. The maximum atomic E-state index is 11.0. The molecule has 1 aromatic carbocycles. The van der Waals surface area contributed by atoms with Crippen LogP contribution in [0.1, 0.15) is 11.1 Å². The highest BCUT2D eigenvalue weighted by atomic mass is 16.4. The predicted octanol–water partition coefficient (Wildman–Crippen LogP) is 1.46. The van der Waals surface area contributed by atoms with E-state index in [1.54, 1.807) is 0 Å². The molecule has 0 spiro atoms. The number of hydrogen-bond donors (Lipinski definition) is 2. The van der Waals surface area contributed by atoms with E-state index in [1.807, 2.05) is 12.1 Å². The molecular formula is C13H17NO2.